The van der Waals surface area contributed by atoms with Crippen LogP contribution in [0, 0.1) is 5.41 Å². The van der Waals surface area contributed by atoms with Crippen LogP contribution < -0.4 is 0 Å². The summed E-state index contributed by atoms with van der Waals surface area (Å²) in [6.07, 6.45) is 5.42. The van der Waals surface area contributed by atoms with Crippen molar-refractivity contribution < 1.29 is 14.6 Å². The Kier molecular flexibility index (Phi) is 4.05. The number of nitrogens with zero attached hydrogens (tertiary/aromatic N) is 1. The molecule has 1 saturated heterocycles. The molecule has 0 aromatic rings. The van der Waals surface area contributed by atoms with E-state index in [1.54, 1.807) is 7.11 Å². The Morgan fingerprint density at radius 1 is 1.47 bits per heavy atom. The maximum Gasteiger partial charge on any atom is 0.224 e. The average molecular weight is 241 g/mol. The largest absolute Gasteiger partial charge is 0.392 e. The Labute approximate surface area is 103 Å². The zero-order valence-electron chi connectivity index (χ0n) is 10.7. The van der Waals surface area contributed by atoms with Gasteiger partial charge in [-0.2, -0.15) is 0 Å². The second-order valence-corrected chi connectivity index (χ2v) is 5.43. The van der Waals surface area contributed by atoms with Crippen LogP contribution in [0.1, 0.15) is 38.5 Å². The first kappa shape index (κ1) is 12.8. The number of piperidine rings is 1. The van der Waals surface area contributed by atoms with Gasteiger partial charge in [0, 0.05) is 25.6 Å². The maximum absolute atomic E-state index is 12.0. The third-order valence-electron chi connectivity index (χ3n) is 4.34. The fourth-order valence-electron chi connectivity index (χ4n) is 3.32. The summed E-state index contributed by atoms with van der Waals surface area (Å²) in [5, 5.41) is 10.1. The van der Waals surface area contributed by atoms with Crippen LogP contribution in [0.4, 0.5) is 0 Å². The lowest BCUT2D eigenvalue weighted by molar-refractivity contribution is -0.137. The number of aliphatic hydroxyl groups excluding tert-OH is 1. The minimum atomic E-state index is -0.208. The molecule has 1 heterocycles. The van der Waals surface area contributed by atoms with Gasteiger partial charge in [0.2, 0.25) is 5.91 Å². The summed E-state index contributed by atoms with van der Waals surface area (Å²) >= 11 is 0. The molecule has 0 aromatic heterocycles. The van der Waals surface area contributed by atoms with Crippen molar-refractivity contribution in [2.75, 3.05) is 26.8 Å². The molecule has 1 amide bonds. The smallest absolute Gasteiger partial charge is 0.224 e. The number of amides is 1. The van der Waals surface area contributed by atoms with Gasteiger partial charge < -0.3 is 14.7 Å². The van der Waals surface area contributed by atoms with Crippen molar-refractivity contribution in [2.24, 2.45) is 5.41 Å². The van der Waals surface area contributed by atoms with Gasteiger partial charge in [-0.25, -0.2) is 0 Å². The topological polar surface area (TPSA) is 49.8 Å². The number of methoxy groups -OCH3 is 1. The highest BCUT2D eigenvalue weighted by molar-refractivity contribution is 5.76. The van der Waals surface area contributed by atoms with Crippen LogP contribution in [0.5, 0.6) is 0 Å². The molecule has 1 aliphatic carbocycles. The van der Waals surface area contributed by atoms with Crippen molar-refractivity contribution in [3.05, 3.63) is 0 Å². The molecule has 2 aliphatic rings. The van der Waals surface area contributed by atoms with Crippen molar-refractivity contribution in [2.45, 2.75) is 44.6 Å². The first-order valence-corrected chi connectivity index (χ1v) is 6.63. The van der Waals surface area contributed by atoms with Crippen molar-refractivity contribution in [1.29, 1.82) is 0 Å². The molecule has 1 N–H and O–H groups in total. The van der Waals surface area contributed by atoms with E-state index in [9.17, 15) is 9.90 Å². The van der Waals surface area contributed by atoms with Crippen LogP contribution >= 0.6 is 0 Å². The van der Waals surface area contributed by atoms with Crippen LogP contribution in [0.3, 0.4) is 0 Å². The second kappa shape index (κ2) is 5.36. The van der Waals surface area contributed by atoms with Crippen LogP contribution in [-0.4, -0.2) is 48.8 Å². The van der Waals surface area contributed by atoms with Crippen LogP contribution in [0.25, 0.3) is 0 Å². The monoisotopic (exact) mass is 241 g/mol. The summed E-state index contributed by atoms with van der Waals surface area (Å²) in [5.41, 5.74) is 0.000974. The minimum Gasteiger partial charge on any atom is -0.392 e. The van der Waals surface area contributed by atoms with E-state index in [1.807, 2.05) is 4.90 Å². The number of carbonyl (C=O) groups excluding carboxylic acids is 1. The van der Waals surface area contributed by atoms with Gasteiger partial charge in [0.1, 0.15) is 0 Å². The van der Waals surface area contributed by atoms with Gasteiger partial charge in [-0.15, -0.1) is 0 Å². The van der Waals surface area contributed by atoms with Gasteiger partial charge in [-0.3, -0.25) is 4.79 Å². The van der Waals surface area contributed by atoms with Crippen LogP contribution in [0.15, 0.2) is 0 Å². The molecule has 17 heavy (non-hydrogen) atoms. The molecule has 98 valence electrons. The molecule has 0 aromatic carbocycles. The molecular formula is C13H23NO3. The Hall–Kier alpha value is -0.610. The summed E-state index contributed by atoms with van der Waals surface area (Å²) in [6.45, 7) is 2.08. The van der Waals surface area contributed by atoms with E-state index in [2.05, 4.69) is 0 Å². The number of carbonyl (C=O) groups is 1. The lowest BCUT2D eigenvalue weighted by Crippen LogP contribution is -2.49. The average Bonchev–Trinajstić information content (AvgIpc) is 2.68. The van der Waals surface area contributed by atoms with Gasteiger partial charge in [-0.05, 0) is 25.7 Å². The van der Waals surface area contributed by atoms with E-state index in [-0.39, 0.29) is 17.4 Å². The number of hydrogen-bond donors (Lipinski definition) is 1. The zero-order chi connectivity index (χ0) is 12.3. The van der Waals surface area contributed by atoms with E-state index >= 15 is 0 Å². The zero-order valence-corrected chi connectivity index (χ0v) is 10.7. The number of ether oxygens (including phenoxy) is 1. The summed E-state index contributed by atoms with van der Waals surface area (Å²) < 4.78 is 4.94. The molecule has 4 heteroatoms. The first-order valence-electron chi connectivity index (χ1n) is 6.63. The highest BCUT2D eigenvalue weighted by Gasteiger charge is 2.45. The van der Waals surface area contributed by atoms with Crippen molar-refractivity contribution in [1.82, 2.24) is 4.90 Å². The van der Waals surface area contributed by atoms with Gasteiger partial charge in [-0.1, -0.05) is 6.42 Å². The second-order valence-electron chi connectivity index (χ2n) is 5.43. The summed E-state index contributed by atoms with van der Waals surface area (Å²) in [4.78, 5) is 13.9. The Balaban J connectivity index is 1.94. The van der Waals surface area contributed by atoms with Crippen molar-refractivity contribution in [3.63, 3.8) is 0 Å². The highest BCUT2D eigenvalue weighted by atomic mass is 16.5. The number of aliphatic hydroxyl groups is 1. The predicted octanol–water partition coefficient (Wildman–Crippen LogP) is 1.18. The van der Waals surface area contributed by atoms with E-state index in [0.29, 0.717) is 13.0 Å². The van der Waals surface area contributed by atoms with Gasteiger partial charge in [0.05, 0.1) is 19.1 Å². The Morgan fingerprint density at radius 2 is 2.24 bits per heavy atom. The summed E-state index contributed by atoms with van der Waals surface area (Å²) in [5.74, 6) is 0.171. The minimum absolute atomic E-state index is 0.000974. The summed E-state index contributed by atoms with van der Waals surface area (Å²) in [6, 6.07) is 0. The molecule has 0 unspecified atom stereocenters. The lowest BCUT2D eigenvalue weighted by Gasteiger charge is -2.42. The molecule has 0 radical (unpaired) electrons. The molecule has 0 bridgehead atoms. The molecule has 2 rings (SSSR count). The SMILES string of the molecule is COCCC(=O)N1CCC[C@@]2(CCC[C@H]2O)C1. The van der Waals surface area contributed by atoms with E-state index in [4.69, 9.17) is 4.74 Å². The first-order chi connectivity index (χ1) is 8.18. The number of hydrogen-bond acceptors (Lipinski definition) is 3. The molecule has 1 aliphatic heterocycles. The van der Waals surface area contributed by atoms with Gasteiger partial charge >= 0.3 is 0 Å². The third kappa shape index (κ3) is 2.63. The number of rotatable bonds is 3. The normalized spacial score (nSPS) is 33.3. The van der Waals surface area contributed by atoms with E-state index in [1.165, 1.54) is 0 Å². The van der Waals surface area contributed by atoms with Crippen LogP contribution in [-0.2, 0) is 9.53 Å². The Morgan fingerprint density at radius 3 is 2.88 bits per heavy atom. The molecule has 4 nitrogen and oxygen atoms in total. The van der Waals surface area contributed by atoms with Crippen LogP contribution in [0.2, 0.25) is 0 Å². The van der Waals surface area contributed by atoms with Gasteiger partial charge in [0.25, 0.3) is 0 Å². The molecule has 1 spiro atoms. The predicted molar refractivity (Wildman–Crippen MR) is 64.6 cm³/mol. The lowest BCUT2D eigenvalue weighted by atomic mass is 9.76. The molecule has 2 fully saturated rings. The van der Waals surface area contributed by atoms with E-state index < -0.39 is 0 Å². The highest BCUT2D eigenvalue weighted by Crippen LogP contribution is 2.45. The molecule has 2 atom stereocenters. The summed E-state index contributed by atoms with van der Waals surface area (Å²) in [7, 11) is 1.62. The number of likely N-dealkylation sites (tertiary alicyclic amines) is 1. The molecule has 1 saturated carbocycles. The standard InChI is InChI=1S/C13H23NO3/c1-17-9-5-12(16)14-8-3-7-13(10-14)6-2-4-11(13)15/h11,15H,2-10H2,1H3/t11-,13+/m1/s1. The molecular weight excluding hydrogens is 218 g/mol. The van der Waals surface area contributed by atoms with Crippen molar-refractivity contribution in [3.8, 4) is 0 Å². The van der Waals surface area contributed by atoms with E-state index in [0.717, 1.165) is 45.2 Å². The fraction of sp³-hybridized carbons (Fsp3) is 0.923. The van der Waals surface area contributed by atoms with Gasteiger partial charge in [0.15, 0.2) is 0 Å². The maximum atomic E-state index is 12.0. The third-order valence-corrected chi connectivity index (χ3v) is 4.34. The van der Waals surface area contributed by atoms with Crippen molar-refractivity contribution >= 4 is 5.91 Å². The Bertz CT molecular complexity index is 282. The fourth-order valence-corrected chi connectivity index (χ4v) is 3.32. The quantitative estimate of drug-likeness (QED) is 0.807.